The van der Waals surface area contributed by atoms with Gasteiger partial charge < -0.3 is 4.57 Å². The molecular weight excluding hydrogens is 196 g/mol. The van der Waals surface area contributed by atoms with E-state index >= 15 is 0 Å². The predicted molar refractivity (Wildman–Crippen MR) is 66.3 cm³/mol. The number of hydrogen-bond donors (Lipinski definition) is 0. The third-order valence-corrected chi connectivity index (χ3v) is 3.03. The summed E-state index contributed by atoms with van der Waals surface area (Å²) in [7, 11) is 0. The average molecular weight is 214 g/mol. The zero-order chi connectivity index (χ0) is 11.2. The first-order chi connectivity index (χ1) is 7.90. The van der Waals surface area contributed by atoms with E-state index in [-0.39, 0.29) is 0 Å². The van der Waals surface area contributed by atoms with Gasteiger partial charge in [-0.1, -0.05) is 37.3 Å². The monoisotopic (exact) mass is 214 g/mol. The molecule has 1 unspecified atom stereocenters. The molecule has 0 aliphatic carbocycles. The highest BCUT2D eigenvalue weighted by atomic mass is 15.0. The van der Waals surface area contributed by atoms with Crippen molar-refractivity contribution in [2.75, 3.05) is 0 Å². The van der Waals surface area contributed by atoms with Gasteiger partial charge in [0.1, 0.15) is 0 Å². The molecule has 2 nitrogen and oxygen atoms in total. The van der Waals surface area contributed by atoms with Crippen LogP contribution in [0.2, 0.25) is 0 Å². The fourth-order valence-corrected chi connectivity index (χ4v) is 2.03. The molecule has 0 fully saturated rings. The molecule has 0 N–H and O–H groups in total. The van der Waals surface area contributed by atoms with Gasteiger partial charge in [-0.25, -0.2) is 4.98 Å². The third-order valence-electron chi connectivity index (χ3n) is 3.03. The molecule has 0 bridgehead atoms. The number of aryl methyl sites for hydroxylation is 1. The highest BCUT2D eigenvalue weighted by Crippen LogP contribution is 2.18. The average Bonchev–Trinajstić information content (AvgIpc) is 2.85. The number of benzene rings is 1. The van der Waals surface area contributed by atoms with E-state index in [1.165, 1.54) is 12.0 Å². The summed E-state index contributed by atoms with van der Waals surface area (Å²) in [5, 5.41) is 0. The molecule has 1 atom stereocenters. The second-order valence-electron chi connectivity index (χ2n) is 4.10. The van der Waals surface area contributed by atoms with Gasteiger partial charge >= 0.3 is 0 Å². The molecular formula is C14H18N2. The van der Waals surface area contributed by atoms with Crippen LogP contribution in [-0.4, -0.2) is 9.55 Å². The van der Waals surface area contributed by atoms with Crippen LogP contribution in [-0.2, 0) is 6.42 Å². The number of aromatic nitrogens is 2. The van der Waals surface area contributed by atoms with Crippen LogP contribution in [0.1, 0.15) is 31.4 Å². The van der Waals surface area contributed by atoms with Crippen LogP contribution in [0, 0.1) is 0 Å². The van der Waals surface area contributed by atoms with Crippen LogP contribution in [0.25, 0.3) is 0 Å². The molecule has 0 radical (unpaired) electrons. The van der Waals surface area contributed by atoms with E-state index in [0.717, 1.165) is 12.8 Å². The van der Waals surface area contributed by atoms with Crippen LogP contribution < -0.4 is 0 Å². The zero-order valence-electron chi connectivity index (χ0n) is 9.71. The number of rotatable bonds is 5. The second kappa shape index (κ2) is 5.50. The molecule has 2 rings (SSSR count). The lowest BCUT2D eigenvalue weighted by atomic mass is 10.0. The van der Waals surface area contributed by atoms with E-state index in [1.807, 2.05) is 12.5 Å². The molecule has 1 aromatic carbocycles. The van der Waals surface area contributed by atoms with Crippen LogP contribution in [0.15, 0.2) is 49.1 Å². The van der Waals surface area contributed by atoms with Crippen molar-refractivity contribution in [1.29, 1.82) is 0 Å². The van der Waals surface area contributed by atoms with Gasteiger partial charge in [0.2, 0.25) is 0 Å². The summed E-state index contributed by atoms with van der Waals surface area (Å²) in [5.41, 5.74) is 1.42. The molecule has 0 aliphatic heterocycles. The molecule has 1 aromatic heterocycles. The van der Waals surface area contributed by atoms with E-state index in [9.17, 15) is 0 Å². The molecule has 0 spiro atoms. The van der Waals surface area contributed by atoms with Gasteiger partial charge in [0, 0.05) is 18.4 Å². The maximum absolute atomic E-state index is 4.11. The van der Waals surface area contributed by atoms with Crippen molar-refractivity contribution in [3.63, 3.8) is 0 Å². The smallest absolute Gasteiger partial charge is 0.0948 e. The number of imidazole rings is 1. The Balaban J connectivity index is 1.94. The molecule has 0 aliphatic rings. The summed E-state index contributed by atoms with van der Waals surface area (Å²) in [5.74, 6) is 0. The van der Waals surface area contributed by atoms with Gasteiger partial charge in [-0.05, 0) is 24.8 Å². The maximum atomic E-state index is 4.11. The topological polar surface area (TPSA) is 17.8 Å². The Morgan fingerprint density at radius 2 is 2.06 bits per heavy atom. The normalized spacial score (nSPS) is 12.6. The van der Waals surface area contributed by atoms with E-state index in [4.69, 9.17) is 0 Å². The van der Waals surface area contributed by atoms with Crippen LogP contribution >= 0.6 is 0 Å². The van der Waals surface area contributed by atoms with Gasteiger partial charge in [-0.2, -0.15) is 0 Å². The van der Waals surface area contributed by atoms with Crippen molar-refractivity contribution in [1.82, 2.24) is 9.55 Å². The molecule has 84 valence electrons. The highest BCUT2D eigenvalue weighted by molar-refractivity contribution is 5.14. The molecule has 1 heterocycles. The van der Waals surface area contributed by atoms with Crippen LogP contribution in [0.3, 0.4) is 0 Å². The highest BCUT2D eigenvalue weighted by Gasteiger charge is 2.07. The minimum Gasteiger partial charge on any atom is -0.334 e. The van der Waals surface area contributed by atoms with Gasteiger partial charge in [-0.3, -0.25) is 0 Å². The second-order valence-corrected chi connectivity index (χ2v) is 4.10. The van der Waals surface area contributed by atoms with E-state index < -0.39 is 0 Å². The molecule has 16 heavy (non-hydrogen) atoms. The summed E-state index contributed by atoms with van der Waals surface area (Å²) < 4.78 is 2.21. The Labute approximate surface area is 97.0 Å². The lowest BCUT2D eigenvalue weighted by Crippen LogP contribution is -2.07. The van der Waals surface area contributed by atoms with Gasteiger partial charge in [-0.15, -0.1) is 0 Å². The minimum absolute atomic E-state index is 0.572. The van der Waals surface area contributed by atoms with Crippen molar-refractivity contribution in [2.45, 2.75) is 32.2 Å². The SMILES string of the molecule is CCC(CCc1ccccc1)n1ccnc1. The lowest BCUT2D eigenvalue weighted by molar-refractivity contribution is 0.452. The minimum atomic E-state index is 0.572. The number of hydrogen-bond acceptors (Lipinski definition) is 1. The van der Waals surface area contributed by atoms with Crippen molar-refractivity contribution in [3.8, 4) is 0 Å². The molecule has 2 heteroatoms. The van der Waals surface area contributed by atoms with Gasteiger partial charge in [0.15, 0.2) is 0 Å². The first-order valence-corrected chi connectivity index (χ1v) is 5.91. The quantitative estimate of drug-likeness (QED) is 0.745. The Kier molecular flexibility index (Phi) is 3.76. The van der Waals surface area contributed by atoms with Crippen molar-refractivity contribution < 1.29 is 0 Å². The Morgan fingerprint density at radius 1 is 1.25 bits per heavy atom. The summed E-state index contributed by atoms with van der Waals surface area (Å²) >= 11 is 0. The third kappa shape index (κ3) is 2.72. The summed E-state index contributed by atoms with van der Waals surface area (Å²) in [6, 6.07) is 11.2. The molecule has 0 saturated heterocycles. The standard InChI is InChI=1S/C14H18N2/c1-2-14(16-11-10-15-12-16)9-8-13-6-4-3-5-7-13/h3-7,10-12,14H,2,8-9H2,1H3. The van der Waals surface area contributed by atoms with Crippen molar-refractivity contribution in [3.05, 3.63) is 54.6 Å². The molecule has 0 saturated carbocycles. The van der Waals surface area contributed by atoms with E-state index in [1.54, 1.807) is 0 Å². The first-order valence-electron chi connectivity index (χ1n) is 5.91. The summed E-state index contributed by atoms with van der Waals surface area (Å²) in [6.07, 6.45) is 9.29. The Hall–Kier alpha value is -1.57. The van der Waals surface area contributed by atoms with Crippen molar-refractivity contribution >= 4 is 0 Å². The zero-order valence-corrected chi connectivity index (χ0v) is 9.71. The van der Waals surface area contributed by atoms with Gasteiger partial charge in [0.05, 0.1) is 6.33 Å². The lowest BCUT2D eigenvalue weighted by Gasteiger charge is -2.16. The maximum Gasteiger partial charge on any atom is 0.0948 e. The summed E-state index contributed by atoms with van der Waals surface area (Å²) in [6.45, 7) is 2.23. The predicted octanol–water partition coefficient (Wildman–Crippen LogP) is 3.47. The first kappa shape index (κ1) is 10.9. The van der Waals surface area contributed by atoms with E-state index in [2.05, 4.69) is 53.0 Å². The molecule has 2 aromatic rings. The van der Waals surface area contributed by atoms with Crippen LogP contribution in [0.4, 0.5) is 0 Å². The Bertz CT molecular complexity index is 392. The summed E-state index contributed by atoms with van der Waals surface area (Å²) in [4.78, 5) is 4.11. The number of nitrogens with zero attached hydrogens (tertiary/aromatic N) is 2. The largest absolute Gasteiger partial charge is 0.334 e. The fourth-order valence-electron chi connectivity index (χ4n) is 2.03. The van der Waals surface area contributed by atoms with Crippen molar-refractivity contribution in [2.24, 2.45) is 0 Å². The van der Waals surface area contributed by atoms with Gasteiger partial charge in [0.25, 0.3) is 0 Å². The van der Waals surface area contributed by atoms with Crippen LogP contribution in [0.5, 0.6) is 0 Å². The fraction of sp³-hybridized carbons (Fsp3) is 0.357. The van der Waals surface area contributed by atoms with E-state index in [0.29, 0.717) is 6.04 Å². The molecule has 0 amide bonds. The Morgan fingerprint density at radius 3 is 2.69 bits per heavy atom.